The van der Waals surface area contributed by atoms with Gasteiger partial charge < -0.3 is 5.11 Å². The Bertz CT molecular complexity index is 498. The van der Waals surface area contributed by atoms with Gasteiger partial charge in [-0.05, 0) is 18.4 Å². The van der Waals surface area contributed by atoms with Gasteiger partial charge in [0.1, 0.15) is 5.25 Å². The molecular formula is C9H8N2O2S2. The molecule has 0 aliphatic heterocycles. The van der Waals surface area contributed by atoms with Crippen molar-refractivity contribution in [1.82, 2.24) is 9.97 Å². The van der Waals surface area contributed by atoms with Crippen molar-refractivity contribution in [1.29, 1.82) is 0 Å². The van der Waals surface area contributed by atoms with E-state index in [4.69, 9.17) is 5.11 Å². The molecule has 0 radical (unpaired) electrons. The van der Waals surface area contributed by atoms with Crippen LogP contribution in [0.2, 0.25) is 0 Å². The van der Waals surface area contributed by atoms with E-state index in [1.807, 2.05) is 11.4 Å². The summed E-state index contributed by atoms with van der Waals surface area (Å²) in [4.78, 5) is 19.0. The molecule has 0 aliphatic rings. The molecule has 0 saturated carbocycles. The molecule has 6 heteroatoms. The fourth-order valence-electron chi connectivity index (χ4n) is 1.01. The Morgan fingerprint density at radius 2 is 2.47 bits per heavy atom. The normalized spacial score (nSPS) is 12.9. The maximum absolute atomic E-state index is 10.6. The molecule has 1 atom stereocenters. The predicted octanol–water partition coefficient (Wildman–Crippen LogP) is 2.26. The second-order valence-corrected chi connectivity index (χ2v) is 5.18. The summed E-state index contributed by atoms with van der Waals surface area (Å²) in [5.41, 5.74) is 0.870. The fourth-order valence-corrected chi connectivity index (χ4v) is 2.39. The third-order valence-corrected chi connectivity index (χ3v) is 3.62. The van der Waals surface area contributed by atoms with Gasteiger partial charge in [0.25, 0.3) is 0 Å². The molecule has 0 amide bonds. The molecule has 0 bridgehead atoms. The first-order valence-electron chi connectivity index (χ1n) is 4.26. The minimum atomic E-state index is -0.853. The molecule has 0 aliphatic carbocycles. The lowest BCUT2D eigenvalue weighted by atomic mass is 10.5. The number of hydrogen-bond donors (Lipinski definition) is 1. The van der Waals surface area contributed by atoms with E-state index in [1.54, 1.807) is 24.5 Å². The average Bonchev–Trinajstić information content (AvgIpc) is 2.64. The van der Waals surface area contributed by atoms with Crippen LogP contribution in [-0.4, -0.2) is 26.3 Å². The molecule has 0 aromatic carbocycles. The lowest BCUT2D eigenvalue weighted by molar-refractivity contribution is -0.136. The zero-order valence-corrected chi connectivity index (χ0v) is 9.51. The lowest BCUT2D eigenvalue weighted by Gasteiger charge is -2.03. The third kappa shape index (κ3) is 2.27. The van der Waals surface area contributed by atoms with Crippen molar-refractivity contribution in [3.63, 3.8) is 0 Å². The molecule has 78 valence electrons. The Kier molecular flexibility index (Phi) is 2.88. The molecule has 15 heavy (non-hydrogen) atoms. The molecule has 4 nitrogen and oxygen atoms in total. The highest BCUT2D eigenvalue weighted by molar-refractivity contribution is 8.00. The van der Waals surface area contributed by atoms with Crippen molar-refractivity contribution in [2.75, 3.05) is 0 Å². The van der Waals surface area contributed by atoms with E-state index in [1.165, 1.54) is 0 Å². The van der Waals surface area contributed by atoms with Crippen LogP contribution >= 0.6 is 23.1 Å². The van der Waals surface area contributed by atoms with Crippen molar-refractivity contribution in [3.8, 4) is 0 Å². The molecule has 2 aromatic rings. The first-order valence-corrected chi connectivity index (χ1v) is 6.02. The van der Waals surface area contributed by atoms with Gasteiger partial charge in [0.05, 0.1) is 10.2 Å². The number of rotatable bonds is 3. The second kappa shape index (κ2) is 4.16. The quantitative estimate of drug-likeness (QED) is 0.658. The van der Waals surface area contributed by atoms with E-state index in [9.17, 15) is 4.79 Å². The highest BCUT2D eigenvalue weighted by atomic mass is 32.2. The molecule has 0 spiro atoms. The topological polar surface area (TPSA) is 63.1 Å². The third-order valence-electron chi connectivity index (χ3n) is 1.81. The van der Waals surface area contributed by atoms with E-state index >= 15 is 0 Å². The maximum Gasteiger partial charge on any atom is 0.316 e. The zero-order chi connectivity index (χ0) is 10.8. The van der Waals surface area contributed by atoms with Crippen molar-refractivity contribution in [2.24, 2.45) is 0 Å². The summed E-state index contributed by atoms with van der Waals surface area (Å²) in [6.45, 7) is 1.62. The molecule has 1 unspecified atom stereocenters. The van der Waals surface area contributed by atoms with Crippen molar-refractivity contribution in [2.45, 2.75) is 17.3 Å². The number of carboxylic acids is 1. The highest BCUT2D eigenvalue weighted by Gasteiger charge is 2.14. The summed E-state index contributed by atoms with van der Waals surface area (Å²) in [5, 5.41) is 10.7. The summed E-state index contributed by atoms with van der Waals surface area (Å²) in [7, 11) is 0. The van der Waals surface area contributed by atoms with Crippen LogP contribution in [0, 0.1) is 0 Å². The summed E-state index contributed by atoms with van der Waals surface area (Å²) in [6, 6.07) is 1.90. The molecule has 2 rings (SSSR count). The summed E-state index contributed by atoms with van der Waals surface area (Å²) in [5.74, 6) is -0.853. The van der Waals surface area contributed by atoms with Gasteiger partial charge >= 0.3 is 5.97 Å². The minimum absolute atomic E-state index is 0.510. The molecule has 0 saturated heterocycles. The Morgan fingerprint density at radius 1 is 1.67 bits per heavy atom. The predicted molar refractivity (Wildman–Crippen MR) is 60.4 cm³/mol. The number of thiophene rings is 1. The molecule has 0 fully saturated rings. The smallest absolute Gasteiger partial charge is 0.316 e. The van der Waals surface area contributed by atoms with Gasteiger partial charge in [-0.3, -0.25) is 4.79 Å². The number of thioether (sulfide) groups is 1. The van der Waals surface area contributed by atoms with Crippen LogP contribution in [0.5, 0.6) is 0 Å². The van der Waals surface area contributed by atoms with Crippen LogP contribution in [-0.2, 0) is 4.79 Å². The van der Waals surface area contributed by atoms with E-state index < -0.39 is 11.2 Å². The van der Waals surface area contributed by atoms with Crippen LogP contribution < -0.4 is 0 Å². The van der Waals surface area contributed by atoms with Crippen LogP contribution in [0.1, 0.15) is 6.92 Å². The average molecular weight is 240 g/mol. The SMILES string of the molecule is CC(Sc1ncc2sccc2n1)C(=O)O. The lowest BCUT2D eigenvalue weighted by Crippen LogP contribution is -2.11. The van der Waals surface area contributed by atoms with Crippen LogP contribution in [0.15, 0.2) is 22.8 Å². The maximum atomic E-state index is 10.6. The van der Waals surface area contributed by atoms with Gasteiger partial charge in [-0.15, -0.1) is 11.3 Å². The number of carboxylic acid groups (broad SMARTS) is 1. The van der Waals surface area contributed by atoms with Gasteiger partial charge in [0, 0.05) is 6.20 Å². The largest absolute Gasteiger partial charge is 0.480 e. The first kappa shape index (κ1) is 10.4. The van der Waals surface area contributed by atoms with Crippen LogP contribution in [0.25, 0.3) is 10.2 Å². The summed E-state index contributed by atoms with van der Waals surface area (Å²) in [6.07, 6.45) is 1.73. The number of aliphatic carboxylic acids is 1. The summed E-state index contributed by atoms with van der Waals surface area (Å²) < 4.78 is 1.02. The van der Waals surface area contributed by atoms with Gasteiger partial charge in [0.2, 0.25) is 0 Å². The van der Waals surface area contributed by atoms with Crippen LogP contribution in [0.4, 0.5) is 0 Å². The number of nitrogens with zero attached hydrogens (tertiary/aromatic N) is 2. The van der Waals surface area contributed by atoms with E-state index in [2.05, 4.69) is 9.97 Å². The monoisotopic (exact) mass is 240 g/mol. The second-order valence-electron chi connectivity index (χ2n) is 2.92. The van der Waals surface area contributed by atoms with Crippen molar-refractivity contribution >= 4 is 39.3 Å². The van der Waals surface area contributed by atoms with E-state index in [0.717, 1.165) is 22.0 Å². The summed E-state index contributed by atoms with van der Waals surface area (Å²) >= 11 is 2.72. The van der Waals surface area contributed by atoms with Gasteiger partial charge in [-0.25, -0.2) is 9.97 Å². The molecule has 2 heterocycles. The zero-order valence-electron chi connectivity index (χ0n) is 7.88. The molecule has 2 aromatic heterocycles. The molecule has 1 N–H and O–H groups in total. The standard InChI is InChI=1S/C9H8N2O2S2/c1-5(8(12)13)15-9-10-4-7-6(11-9)2-3-14-7/h2-5H,1H3,(H,12,13). The number of aromatic nitrogens is 2. The van der Waals surface area contributed by atoms with Crippen molar-refractivity contribution in [3.05, 3.63) is 17.6 Å². The fraction of sp³-hybridized carbons (Fsp3) is 0.222. The Labute approximate surface area is 94.4 Å². The Hall–Kier alpha value is -1.14. The Balaban J connectivity index is 2.24. The van der Waals surface area contributed by atoms with Crippen LogP contribution in [0.3, 0.4) is 0 Å². The molecular weight excluding hydrogens is 232 g/mol. The highest BCUT2D eigenvalue weighted by Crippen LogP contribution is 2.23. The first-order chi connectivity index (χ1) is 7.16. The number of carbonyl (C=O) groups is 1. The number of hydrogen-bond acceptors (Lipinski definition) is 5. The van der Waals surface area contributed by atoms with E-state index in [0.29, 0.717) is 5.16 Å². The van der Waals surface area contributed by atoms with Gasteiger partial charge in [0.15, 0.2) is 5.16 Å². The van der Waals surface area contributed by atoms with Crippen molar-refractivity contribution < 1.29 is 9.90 Å². The Morgan fingerprint density at radius 3 is 3.20 bits per heavy atom. The number of fused-ring (bicyclic) bond motifs is 1. The minimum Gasteiger partial charge on any atom is -0.480 e. The van der Waals surface area contributed by atoms with E-state index in [-0.39, 0.29) is 0 Å². The van der Waals surface area contributed by atoms with Gasteiger partial charge in [-0.2, -0.15) is 0 Å². The van der Waals surface area contributed by atoms with Gasteiger partial charge in [-0.1, -0.05) is 11.8 Å².